The molecule has 1 N–H and O–H groups in total. The first-order valence-corrected chi connectivity index (χ1v) is 14.0. The maximum absolute atomic E-state index is 14.5. The molecule has 0 radical (unpaired) electrons. The van der Waals surface area contributed by atoms with E-state index >= 15 is 0 Å². The van der Waals surface area contributed by atoms with E-state index < -0.39 is 28.6 Å². The number of carbonyl (C=O) groups is 2. The van der Waals surface area contributed by atoms with Crippen molar-refractivity contribution in [3.63, 3.8) is 0 Å². The van der Waals surface area contributed by atoms with E-state index in [2.05, 4.69) is 5.32 Å². The fourth-order valence-corrected chi connectivity index (χ4v) is 5.96. The summed E-state index contributed by atoms with van der Waals surface area (Å²) in [6.45, 7) is 3.75. The second-order valence-corrected chi connectivity index (χ2v) is 11.0. The van der Waals surface area contributed by atoms with Crippen molar-refractivity contribution in [1.29, 1.82) is 0 Å². The predicted molar refractivity (Wildman–Crippen MR) is 153 cm³/mol. The zero-order chi connectivity index (χ0) is 28.4. The molecule has 1 atom stereocenters. The number of amides is 1. The fourth-order valence-electron chi connectivity index (χ4n) is 4.76. The summed E-state index contributed by atoms with van der Waals surface area (Å²) in [6, 6.07) is 20.3. The lowest BCUT2D eigenvalue weighted by molar-refractivity contribution is -0.146. The molecule has 1 aliphatic rings. The van der Waals surface area contributed by atoms with Gasteiger partial charge < -0.3 is 9.47 Å². The van der Waals surface area contributed by atoms with Gasteiger partial charge in [0.15, 0.2) is 5.13 Å². The van der Waals surface area contributed by atoms with Gasteiger partial charge >= 0.3 is 12.1 Å². The topological polar surface area (TPSA) is 64.6 Å². The molecule has 1 fully saturated rings. The molecule has 0 bridgehead atoms. The first-order valence-electron chi connectivity index (χ1n) is 12.8. The van der Waals surface area contributed by atoms with E-state index in [9.17, 15) is 18.4 Å². The summed E-state index contributed by atoms with van der Waals surface area (Å²) in [6.07, 6.45) is -0.0570. The SMILES string of the molecule is CCOC(=O)C1(c2ccc(-c3ccccc3-c3sc(F)cc3NC(=O)OC(C)c3ccc(F)cc3Cl)cc2)CC1. The third-order valence-electron chi connectivity index (χ3n) is 6.96. The molecule has 1 heterocycles. The minimum Gasteiger partial charge on any atom is -0.465 e. The van der Waals surface area contributed by atoms with Crippen LogP contribution in [0.25, 0.3) is 21.6 Å². The van der Waals surface area contributed by atoms with Crippen LogP contribution in [0, 0.1) is 10.9 Å². The van der Waals surface area contributed by atoms with Gasteiger partial charge in [0.2, 0.25) is 0 Å². The predicted octanol–water partition coefficient (Wildman–Crippen LogP) is 8.92. The molecule has 4 aromatic rings. The van der Waals surface area contributed by atoms with Gasteiger partial charge in [0, 0.05) is 17.2 Å². The lowest BCUT2D eigenvalue weighted by Crippen LogP contribution is -2.23. The average Bonchev–Trinajstić information content (AvgIpc) is 3.66. The molecule has 1 saturated carbocycles. The first-order chi connectivity index (χ1) is 19.2. The molecule has 5 nitrogen and oxygen atoms in total. The molecule has 0 spiro atoms. The van der Waals surface area contributed by atoms with Crippen LogP contribution >= 0.6 is 22.9 Å². The first kappa shape index (κ1) is 27.8. The second kappa shape index (κ2) is 11.4. The zero-order valence-electron chi connectivity index (χ0n) is 21.8. The molecule has 0 aliphatic heterocycles. The van der Waals surface area contributed by atoms with E-state index in [4.69, 9.17) is 21.1 Å². The number of hydrogen-bond donors (Lipinski definition) is 1. The number of halogens is 3. The standard InChI is InChI=1S/C31H26ClF2NO4S/c1-3-38-29(36)31(14-15-31)20-10-8-19(9-11-20)23-6-4-5-7-24(23)28-26(17-27(34)40-28)35-30(37)39-18(2)22-13-12-21(33)16-25(22)32/h4-13,16-18H,3,14-15H2,1-2H3,(H,35,37). The third-order valence-corrected chi connectivity index (χ3v) is 8.24. The maximum atomic E-state index is 14.5. The van der Waals surface area contributed by atoms with Crippen molar-refractivity contribution in [2.24, 2.45) is 0 Å². The van der Waals surface area contributed by atoms with Crippen molar-refractivity contribution in [2.45, 2.75) is 38.2 Å². The number of hydrogen-bond acceptors (Lipinski definition) is 5. The number of carbonyl (C=O) groups excluding carboxylic acids is 2. The molecule has 0 saturated heterocycles. The van der Waals surface area contributed by atoms with E-state index in [1.807, 2.05) is 48.5 Å². The van der Waals surface area contributed by atoms with Crippen molar-refractivity contribution in [3.8, 4) is 21.6 Å². The van der Waals surface area contributed by atoms with Crippen molar-refractivity contribution in [3.05, 3.63) is 99.9 Å². The van der Waals surface area contributed by atoms with Gasteiger partial charge in [-0.25, -0.2) is 9.18 Å². The Morgan fingerprint density at radius 3 is 2.38 bits per heavy atom. The Bertz CT molecular complexity index is 1570. The molecule has 9 heteroatoms. The summed E-state index contributed by atoms with van der Waals surface area (Å²) in [7, 11) is 0. The molecule has 206 valence electrons. The van der Waals surface area contributed by atoms with Crippen LogP contribution in [0.3, 0.4) is 0 Å². The van der Waals surface area contributed by atoms with Crippen LogP contribution in [-0.2, 0) is 19.7 Å². The van der Waals surface area contributed by atoms with Gasteiger partial charge in [0.05, 0.1) is 27.6 Å². The van der Waals surface area contributed by atoms with E-state index in [0.29, 0.717) is 17.0 Å². The maximum Gasteiger partial charge on any atom is 0.412 e. The summed E-state index contributed by atoms with van der Waals surface area (Å²) >= 11 is 7.00. The fraction of sp³-hybridized carbons (Fsp3) is 0.226. The largest absolute Gasteiger partial charge is 0.465 e. The van der Waals surface area contributed by atoms with Crippen LogP contribution in [0.2, 0.25) is 5.02 Å². The third kappa shape index (κ3) is 5.60. The lowest BCUT2D eigenvalue weighted by Gasteiger charge is -2.17. The van der Waals surface area contributed by atoms with Crippen LogP contribution < -0.4 is 5.32 Å². The number of anilines is 1. The van der Waals surface area contributed by atoms with E-state index in [1.54, 1.807) is 13.8 Å². The van der Waals surface area contributed by atoms with Crippen LogP contribution in [-0.4, -0.2) is 18.7 Å². The molecule has 40 heavy (non-hydrogen) atoms. The quantitative estimate of drug-likeness (QED) is 0.211. The Hall–Kier alpha value is -3.75. The molecule has 5 rings (SSSR count). The average molecular weight is 582 g/mol. The van der Waals surface area contributed by atoms with Crippen molar-refractivity contribution in [1.82, 2.24) is 0 Å². The Kier molecular flexibility index (Phi) is 7.92. The summed E-state index contributed by atoms with van der Waals surface area (Å²) in [5.41, 5.74) is 3.47. The highest BCUT2D eigenvalue weighted by molar-refractivity contribution is 7.14. The highest BCUT2D eigenvalue weighted by atomic mass is 35.5. The van der Waals surface area contributed by atoms with Crippen molar-refractivity contribution in [2.75, 3.05) is 11.9 Å². The van der Waals surface area contributed by atoms with Crippen molar-refractivity contribution < 1.29 is 27.8 Å². The molecule has 3 aromatic carbocycles. The van der Waals surface area contributed by atoms with Gasteiger partial charge in [-0.05, 0) is 55.5 Å². The molecule has 1 aromatic heterocycles. The number of esters is 1. The highest BCUT2D eigenvalue weighted by Crippen LogP contribution is 2.50. The summed E-state index contributed by atoms with van der Waals surface area (Å²) in [5, 5.41) is 2.30. The summed E-state index contributed by atoms with van der Waals surface area (Å²) in [4.78, 5) is 25.8. The summed E-state index contributed by atoms with van der Waals surface area (Å²) < 4.78 is 38.7. The van der Waals surface area contributed by atoms with Gasteiger partial charge in [-0.3, -0.25) is 10.1 Å². The molecule has 1 aliphatic carbocycles. The number of benzene rings is 3. The van der Waals surface area contributed by atoms with E-state index in [-0.39, 0.29) is 16.7 Å². The van der Waals surface area contributed by atoms with Crippen LogP contribution in [0.15, 0.2) is 72.8 Å². The van der Waals surface area contributed by atoms with Gasteiger partial charge in [0.1, 0.15) is 11.9 Å². The summed E-state index contributed by atoms with van der Waals surface area (Å²) in [5.74, 6) is -0.695. The second-order valence-electron chi connectivity index (χ2n) is 9.56. The van der Waals surface area contributed by atoms with Gasteiger partial charge in [-0.1, -0.05) is 66.2 Å². The van der Waals surface area contributed by atoms with Crippen molar-refractivity contribution >= 4 is 40.7 Å². The Labute approximate surface area is 239 Å². The molecule has 1 unspecified atom stereocenters. The Balaban J connectivity index is 1.38. The Morgan fingerprint density at radius 2 is 1.73 bits per heavy atom. The molecular weight excluding hydrogens is 556 g/mol. The van der Waals surface area contributed by atoms with Crippen LogP contribution in [0.5, 0.6) is 0 Å². The normalized spacial score (nSPS) is 14.3. The molecule has 1 amide bonds. The van der Waals surface area contributed by atoms with E-state index in [1.165, 1.54) is 18.2 Å². The van der Waals surface area contributed by atoms with Crippen LogP contribution in [0.4, 0.5) is 19.3 Å². The van der Waals surface area contributed by atoms with Gasteiger partial charge in [-0.2, -0.15) is 4.39 Å². The minimum absolute atomic E-state index is 0.136. The minimum atomic E-state index is -0.803. The number of rotatable bonds is 8. The smallest absolute Gasteiger partial charge is 0.412 e. The highest BCUT2D eigenvalue weighted by Gasteiger charge is 2.52. The zero-order valence-corrected chi connectivity index (χ0v) is 23.4. The Morgan fingerprint density at radius 1 is 1.02 bits per heavy atom. The molecular formula is C31H26ClF2NO4S. The van der Waals surface area contributed by atoms with Gasteiger partial charge in [0.25, 0.3) is 0 Å². The monoisotopic (exact) mass is 581 g/mol. The van der Waals surface area contributed by atoms with Gasteiger partial charge in [-0.15, -0.1) is 11.3 Å². The lowest BCUT2D eigenvalue weighted by atomic mass is 9.92. The van der Waals surface area contributed by atoms with Crippen LogP contribution in [0.1, 0.15) is 43.9 Å². The van der Waals surface area contributed by atoms with E-state index in [0.717, 1.165) is 52.5 Å². The number of ether oxygens (including phenoxy) is 2. The number of thiophene rings is 1. The number of nitrogens with one attached hydrogen (secondary N) is 1.